The minimum absolute atomic E-state index is 0.157. The second-order valence-electron chi connectivity index (χ2n) is 9.01. The summed E-state index contributed by atoms with van der Waals surface area (Å²) < 4.78 is 21.5. The minimum Gasteiger partial charge on any atom is -0.497 e. The van der Waals surface area contributed by atoms with Gasteiger partial charge in [0, 0.05) is 51.6 Å². The Labute approximate surface area is 225 Å². The highest BCUT2D eigenvalue weighted by molar-refractivity contribution is 6.35. The number of rotatable bonds is 9. The summed E-state index contributed by atoms with van der Waals surface area (Å²) in [6, 6.07) is 14.8. The molecule has 0 unspecified atom stereocenters. The van der Waals surface area contributed by atoms with Gasteiger partial charge < -0.3 is 34.6 Å². The van der Waals surface area contributed by atoms with Crippen molar-refractivity contribution < 1.29 is 28.5 Å². The number of fused-ring (bicyclic) bond motifs is 2. The van der Waals surface area contributed by atoms with Crippen LogP contribution in [-0.4, -0.2) is 45.2 Å². The summed E-state index contributed by atoms with van der Waals surface area (Å²) >= 11 is 0. The second-order valence-corrected chi connectivity index (χ2v) is 9.01. The summed E-state index contributed by atoms with van der Waals surface area (Å²) in [5, 5.41) is 6.79. The number of aromatic nitrogens is 1. The lowest BCUT2D eigenvalue weighted by atomic mass is 10.0. The van der Waals surface area contributed by atoms with Crippen LogP contribution in [0.4, 0.5) is 11.4 Å². The highest BCUT2D eigenvalue weighted by atomic mass is 16.5. The number of amides is 2. The highest BCUT2D eigenvalue weighted by Crippen LogP contribution is 2.39. The number of hydrogen-bond donors (Lipinski definition) is 3. The molecule has 1 aliphatic rings. The van der Waals surface area contributed by atoms with E-state index in [1.807, 2.05) is 48.7 Å². The Hall–Kier alpha value is -4.92. The van der Waals surface area contributed by atoms with Gasteiger partial charge in [0.05, 0.1) is 28.4 Å². The predicted octanol–water partition coefficient (Wildman–Crippen LogP) is 5.27. The molecule has 1 aliphatic heterocycles. The number of anilines is 2. The largest absolute Gasteiger partial charge is 0.497 e. The van der Waals surface area contributed by atoms with Crippen molar-refractivity contribution in [1.82, 2.24) is 4.98 Å². The van der Waals surface area contributed by atoms with Gasteiger partial charge in [-0.25, -0.2) is 0 Å². The van der Waals surface area contributed by atoms with Crippen molar-refractivity contribution in [3.63, 3.8) is 0 Å². The number of benzene rings is 3. The molecule has 0 fully saturated rings. The van der Waals surface area contributed by atoms with Crippen molar-refractivity contribution in [3.8, 4) is 23.0 Å². The van der Waals surface area contributed by atoms with Crippen LogP contribution in [0.3, 0.4) is 0 Å². The van der Waals surface area contributed by atoms with E-state index in [4.69, 9.17) is 18.9 Å². The third kappa shape index (κ3) is 5.11. The third-order valence-corrected chi connectivity index (χ3v) is 6.67. The maximum Gasteiger partial charge on any atom is 0.256 e. The minimum atomic E-state index is -0.201. The molecular formula is C30H29N3O6. The number of carbonyl (C=O) groups excluding carboxylic acids is 2. The molecule has 0 aliphatic carbocycles. The Morgan fingerprint density at radius 3 is 2.38 bits per heavy atom. The molecule has 5 rings (SSSR count). The quantitative estimate of drug-likeness (QED) is 0.256. The van der Waals surface area contributed by atoms with Crippen molar-refractivity contribution in [3.05, 3.63) is 71.4 Å². The average Bonchev–Trinajstić information content (AvgIpc) is 3.50. The number of nitrogens with one attached hydrogen (secondary N) is 3. The van der Waals surface area contributed by atoms with Gasteiger partial charge in [-0.15, -0.1) is 0 Å². The average molecular weight is 528 g/mol. The molecule has 0 bridgehead atoms. The summed E-state index contributed by atoms with van der Waals surface area (Å²) in [4.78, 5) is 28.9. The lowest BCUT2D eigenvalue weighted by Crippen LogP contribution is -2.12. The number of methoxy groups -OCH3 is 4. The van der Waals surface area contributed by atoms with Gasteiger partial charge in [0.25, 0.3) is 5.91 Å². The fourth-order valence-electron chi connectivity index (χ4n) is 4.69. The summed E-state index contributed by atoms with van der Waals surface area (Å²) in [6.07, 6.45) is 4.42. The Morgan fingerprint density at radius 2 is 1.69 bits per heavy atom. The van der Waals surface area contributed by atoms with Crippen LogP contribution in [0.25, 0.3) is 22.6 Å². The van der Waals surface area contributed by atoms with Gasteiger partial charge in [-0.05, 0) is 66.6 Å². The molecule has 1 aromatic heterocycles. The summed E-state index contributed by atoms with van der Waals surface area (Å²) in [5.74, 6) is 1.95. The highest BCUT2D eigenvalue weighted by Gasteiger charge is 2.25. The second kappa shape index (κ2) is 10.8. The van der Waals surface area contributed by atoms with Crippen molar-refractivity contribution in [2.24, 2.45) is 0 Å². The fraction of sp³-hybridized carbons (Fsp3) is 0.200. The number of aromatic amines is 1. The number of aryl methyl sites for hydroxylation is 1. The van der Waals surface area contributed by atoms with Crippen molar-refractivity contribution in [2.45, 2.75) is 12.8 Å². The molecule has 2 heterocycles. The van der Waals surface area contributed by atoms with Crippen LogP contribution in [0.5, 0.6) is 23.0 Å². The fourth-order valence-corrected chi connectivity index (χ4v) is 4.69. The molecule has 39 heavy (non-hydrogen) atoms. The van der Waals surface area contributed by atoms with Gasteiger partial charge in [0.1, 0.15) is 5.75 Å². The van der Waals surface area contributed by atoms with Crippen LogP contribution in [0.2, 0.25) is 0 Å². The maximum absolute atomic E-state index is 12.8. The standard InChI is InChI=1S/C30H29N3O6/c1-36-20-7-9-24-21(15-20)18(16-31-24)13-23-22-14-19(6-8-25(22)33-30(23)35)32-28(34)10-5-17-11-26(37-2)29(39-4)27(12-17)38-3/h6-9,11-16,31H,5,10H2,1-4H3,(H,32,34)(H,33,35)/b23-13-. The number of carbonyl (C=O) groups is 2. The van der Waals surface area contributed by atoms with Gasteiger partial charge >= 0.3 is 0 Å². The Bertz CT molecular complexity index is 1580. The lowest BCUT2D eigenvalue weighted by Gasteiger charge is -2.14. The normalized spacial score (nSPS) is 13.2. The molecule has 0 radical (unpaired) electrons. The topological polar surface area (TPSA) is 111 Å². The maximum atomic E-state index is 12.8. The van der Waals surface area contributed by atoms with E-state index in [2.05, 4.69) is 15.6 Å². The van der Waals surface area contributed by atoms with Crippen molar-refractivity contribution >= 4 is 45.7 Å². The monoisotopic (exact) mass is 527 g/mol. The SMILES string of the molecule is COc1ccc2[nH]cc(/C=C3\C(=O)Nc4ccc(NC(=O)CCc5cc(OC)c(OC)c(OC)c5)cc43)c2c1. The van der Waals surface area contributed by atoms with Gasteiger partial charge in [0.2, 0.25) is 11.7 Å². The molecule has 0 saturated carbocycles. The zero-order valence-electron chi connectivity index (χ0n) is 22.1. The zero-order valence-corrected chi connectivity index (χ0v) is 22.1. The molecule has 0 atom stereocenters. The number of ether oxygens (including phenoxy) is 4. The summed E-state index contributed by atoms with van der Waals surface area (Å²) in [7, 11) is 6.28. The Balaban J connectivity index is 1.34. The van der Waals surface area contributed by atoms with Gasteiger partial charge in [-0.2, -0.15) is 0 Å². The van der Waals surface area contributed by atoms with E-state index in [0.717, 1.165) is 33.3 Å². The molecule has 0 saturated heterocycles. The van der Waals surface area contributed by atoms with Gasteiger partial charge in [-0.1, -0.05) is 0 Å². The number of H-pyrrole nitrogens is 1. The van der Waals surface area contributed by atoms with E-state index < -0.39 is 0 Å². The van der Waals surface area contributed by atoms with Crippen LogP contribution >= 0.6 is 0 Å². The van der Waals surface area contributed by atoms with E-state index in [1.165, 1.54) is 0 Å². The third-order valence-electron chi connectivity index (χ3n) is 6.67. The summed E-state index contributed by atoms with van der Waals surface area (Å²) in [5.41, 5.74) is 5.22. The van der Waals surface area contributed by atoms with Crippen LogP contribution in [0.15, 0.2) is 54.7 Å². The van der Waals surface area contributed by atoms with Crippen LogP contribution < -0.4 is 29.6 Å². The van der Waals surface area contributed by atoms with Crippen LogP contribution in [0, 0.1) is 0 Å². The van der Waals surface area contributed by atoms with Gasteiger partial charge in [-0.3, -0.25) is 9.59 Å². The molecule has 3 aromatic carbocycles. The van der Waals surface area contributed by atoms with Crippen LogP contribution in [-0.2, 0) is 16.0 Å². The van der Waals surface area contributed by atoms with E-state index >= 15 is 0 Å². The Kier molecular flexibility index (Phi) is 7.14. The first-order chi connectivity index (χ1) is 18.9. The zero-order chi connectivity index (χ0) is 27.5. The molecular weight excluding hydrogens is 498 g/mol. The van der Waals surface area contributed by atoms with E-state index in [1.54, 1.807) is 40.6 Å². The molecule has 0 spiro atoms. The predicted molar refractivity (Wildman–Crippen MR) is 151 cm³/mol. The Morgan fingerprint density at radius 1 is 0.923 bits per heavy atom. The molecule has 3 N–H and O–H groups in total. The molecule has 2 amide bonds. The first-order valence-electron chi connectivity index (χ1n) is 12.4. The van der Waals surface area contributed by atoms with E-state index in [0.29, 0.717) is 40.6 Å². The first-order valence-corrected chi connectivity index (χ1v) is 12.4. The first kappa shape index (κ1) is 25.7. The molecule has 9 nitrogen and oxygen atoms in total. The van der Waals surface area contributed by atoms with E-state index in [-0.39, 0.29) is 18.2 Å². The van der Waals surface area contributed by atoms with Gasteiger partial charge in [0.15, 0.2) is 11.5 Å². The van der Waals surface area contributed by atoms with Crippen LogP contribution in [0.1, 0.15) is 23.1 Å². The summed E-state index contributed by atoms with van der Waals surface area (Å²) in [6.45, 7) is 0. The number of hydrogen-bond acceptors (Lipinski definition) is 6. The lowest BCUT2D eigenvalue weighted by molar-refractivity contribution is -0.116. The van der Waals surface area contributed by atoms with Crippen molar-refractivity contribution in [1.29, 1.82) is 0 Å². The van der Waals surface area contributed by atoms with E-state index in [9.17, 15) is 9.59 Å². The molecule has 4 aromatic rings. The van der Waals surface area contributed by atoms with Crippen molar-refractivity contribution in [2.75, 3.05) is 39.1 Å². The molecule has 9 heteroatoms. The smallest absolute Gasteiger partial charge is 0.256 e. The molecule has 200 valence electrons.